The van der Waals surface area contributed by atoms with Gasteiger partial charge in [0.25, 0.3) is 0 Å². The minimum atomic E-state index is 0.120. The first-order valence-corrected chi connectivity index (χ1v) is 9.11. The van der Waals surface area contributed by atoms with Crippen LogP contribution in [0, 0.1) is 5.92 Å². The van der Waals surface area contributed by atoms with Crippen molar-refractivity contribution in [2.45, 2.75) is 44.2 Å². The molecule has 2 fully saturated rings. The van der Waals surface area contributed by atoms with E-state index in [0.717, 1.165) is 39.0 Å². The molecular formula is C19H29N3O2. The topological polar surface area (TPSA) is 45.7 Å². The summed E-state index contributed by atoms with van der Waals surface area (Å²) in [6, 6.07) is 4.48. The van der Waals surface area contributed by atoms with Crippen LogP contribution in [0.5, 0.6) is 0 Å². The lowest BCUT2D eigenvalue weighted by atomic mass is 9.94. The first-order chi connectivity index (χ1) is 11.6. The van der Waals surface area contributed by atoms with Crippen LogP contribution < -0.4 is 0 Å². The van der Waals surface area contributed by atoms with Crippen LogP contribution in [0.25, 0.3) is 0 Å². The molecular weight excluding hydrogens is 302 g/mol. The van der Waals surface area contributed by atoms with Crippen LogP contribution in [-0.2, 0) is 9.53 Å². The maximum atomic E-state index is 12.5. The molecule has 1 aromatic rings. The Balaban J connectivity index is 1.58. The molecule has 0 aliphatic carbocycles. The number of hydrogen-bond donors (Lipinski definition) is 0. The van der Waals surface area contributed by atoms with Crippen molar-refractivity contribution in [3.05, 3.63) is 30.1 Å². The van der Waals surface area contributed by atoms with Gasteiger partial charge in [-0.1, -0.05) is 6.07 Å². The quantitative estimate of drug-likeness (QED) is 0.832. The van der Waals surface area contributed by atoms with E-state index in [1.807, 2.05) is 30.4 Å². The van der Waals surface area contributed by atoms with Crippen LogP contribution in [0.15, 0.2) is 24.5 Å². The second kappa shape index (κ2) is 8.08. The van der Waals surface area contributed by atoms with Crippen LogP contribution in [0.1, 0.15) is 43.7 Å². The smallest absolute Gasteiger partial charge is 0.224 e. The van der Waals surface area contributed by atoms with Crippen molar-refractivity contribution in [1.82, 2.24) is 14.8 Å². The van der Waals surface area contributed by atoms with E-state index in [-0.39, 0.29) is 12.0 Å². The number of likely N-dealkylation sites (tertiary alicyclic amines) is 1. The molecule has 0 unspecified atom stereocenters. The summed E-state index contributed by atoms with van der Waals surface area (Å²) >= 11 is 0. The van der Waals surface area contributed by atoms with E-state index in [0.29, 0.717) is 18.4 Å². The van der Waals surface area contributed by atoms with E-state index in [9.17, 15) is 4.79 Å². The summed E-state index contributed by atoms with van der Waals surface area (Å²) in [4.78, 5) is 21.1. The average molecular weight is 331 g/mol. The highest BCUT2D eigenvalue weighted by Gasteiger charge is 2.34. The molecule has 0 N–H and O–H groups in total. The zero-order valence-corrected chi connectivity index (χ0v) is 14.9. The molecule has 1 aromatic heterocycles. The third kappa shape index (κ3) is 4.14. The molecule has 2 aliphatic heterocycles. The van der Waals surface area contributed by atoms with Gasteiger partial charge in [-0.3, -0.25) is 14.7 Å². The minimum Gasteiger partial charge on any atom is -0.378 e. The zero-order chi connectivity index (χ0) is 16.9. The lowest BCUT2D eigenvalue weighted by molar-refractivity contribution is -0.134. The van der Waals surface area contributed by atoms with Crippen LogP contribution in [0.3, 0.4) is 0 Å². The summed E-state index contributed by atoms with van der Waals surface area (Å²) in [7, 11) is 4.10. The maximum absolute atomic E-state index is 12.5. The predicted molar refractivity (Wildman–Crippen MR) is 93.6 cm³/mol. The first kappa shape index (κ1) is 17.4. The van der Waals surface area contributed by atoms with Gasteiger partial charge in [0.15, 0.2) is 0 Å². The Hall–Kier alpha value is -1.46. The summed E-state index contributed by atoms with van der Waals surface area (Å²) in [5.41, 5.74) is 1.25. The fourth-order valence-corrected chi connectivity index (χ4v) is 4.07. The van der Waals surface area contributed by atoms with Gasteiger partial charge in [0.05, 0.1) is 12.5 Å². The van der Waals surface area contributed by atoms with Gasteiger partial charge in [-0.05, 0) is 56.8 Å². The van der Waals surface area contributed by atoms with E-state index in [4.69, 9.17) is 4.74 Å². The predicted octanol–water partition coefficient (Wildman–Crippen LogP) is 2.49. The van der Waals surface area contributed by atoms with Crippen molar-refractivity contribution in [3.8, 4) is 0 Å². The number of pyridine rings is 1. The third-order valence-corrected chi connectivity index (χ3v) is 5.41. The second-order valence-electron chi connectivity index (χ2n) is 7.23. The Morgan fingerprint density at radius 3 is 3.00 bits per heavy atom. The van der Waals surface area contributed by atoms with Crippen molar-refractivity contribution in [1.29, 1.82) is 0 Å². The van der Waals surface area contributed by atoms with Gasteiger partial charge in [-0.25, -0.2) is 0 Å². The summed E-state index contributed by atoms with van der Waals surface area (Å²) in [5, 5.41) is 0. The van der Waals surface area contributed by atoms with E-state index < -0.39 is 0 Å². The molecule has 3 atom stereocenters. The Labute approximate surface area is 145 Å². The molecule has 0 saturated carbocycles. The Kier molecular flexibility index (Phi) is 5.85. The van der Waals surface area contributed by atoms with Crippen molar-refractivity contribution in [3.63, 3.8) is 0 Å². The monoisotopic (exact) mass is 331 g/mol. The molecule has 0 bridgehead atoms. The van der Waals surface area contributed by atoms with Gasteiger partial charge in [0.2, 0.25) is 5.91 Å². The highest BCUT2D eigenvalue weighted by atomic mass is 16.5. The molecule has 0 aromatic carbocycles. The van der Waals surface area contributed by atoms with Crippen molar-refractivity contribution < 1.29 is 9.53 Å². The highest BCUT2D eigenvalue weighted by Crippen LogP contribution is 2.36. The number of rotatable bonds is 5. The standard InChI is InChI=1S/C19H29N3O2/c1-21-10-8-16(19(21)15-6-5-9-20-13-15)14-22(2)18(23)12-17-7-3-4-11-24-17/h5-6,9,13,16-17,19H,3-4,7-8,10-12,14H2,1-2H3/t16-,17+,19-/m0/s1. The molecule has 1 amide bonds. The highest BCUT2D eigenvalue weighted by molar-refractivity contribution is 5.76. The van der Waals surface area contributed by atoms with E-state index in [1.54, 1.807) is 0 Å². The van der Waals surface area contributed by atoms with Crippen LogP contribution >= 0.6 is 0 Å². The fraction of sp³-hybridized carbons (Fsp3) is 0.684. The van der Waals surface area contributed by atoms with Gasteiger partial charge >= 0.3 is 0 Å². The Morgan fingerprint density at radius 2 is 2.29 bits per heavy atom. The number of carbonyl (C=O) groups is 1. The molecule has 2 aliphatic rings. The SMILES string of the molecule is CN(C[C@@H]1CCN(C)[C@H]1c1cccnc1)C(=O)C[C@H]1CCCCO1. The van der Waals surface area contributed by atoms with Crippen molar-refractivity contribution in [2.75, 3.05) is 33.8 Å². The van der Waals surface area contributed by atoms with Gasteiger partial charge in [0.1, 0.15) is 0 Å². The normalized spacial score (nSPS) is 28.0. The molecule has 0 spiro atoms. The average Bonchev–Trinajstić information content (AvgIpc) is 2.97. The number of amides is 1. The van der Waals surface area contributed by atoms with Crippen molar-refractivity contribution in [2.24, 2.45) is 5.92 Å². The van der Waals surface area contributed by atoms with E-state index in [1.165, 1.54) is 12.0 Å². The van der Waals surface area contributed by atoms with Gasteiger partial charge < -0.3 is 9.64 Å². The maximum Gasteiger partial charge on any atom is 0.224 e. The third-order valence-electron chi connectivity index (χ3n) is 5.41. The van der Waals surface area contributed by atoms with Crippen molar-refractivity contribution >= 4 is 5.91 Å². The Bertz CT molecular complexity index is 531. The fourth-order valence-electron chi connectivity index (χ4n) is 4.07. The van der Waals surface area contributed by atoms with E-state index >= 15 is 0 Å². The molecule has 132 valence electrons. The number of ether oxygens (including phenoxy) is 1. The molecule has 2 saturated heterocycles. The largest absolute Gasteiger partial charge is 0.378 e. The zero-order valence-electron chi connectivity index (χ0n) is 14.9. The summed E-state index contributed by atoms with van der Waals surface area (Å²) in [5.74, 6) is 0.668. The lowest BCUT2D eigenvalue weighted by Gasteiger charge is -2.30. The molecule has 3 rings (SSSR count). The molecule has 3 heterocycles. The van der Waals surface area contributed by atoms with E-state index in [2.05, 4.69) is 23.0 Å². The number of nitrogens with zero attached hydrogens (tertiary/aromatic N) is 3. The molecule has 24 heavy (non-hydrogen) atoms. The molecule has 5 nitrogen and oxygen atoms in total. The number of aromatic nitrogens is 1. The summed E-state index contributed by atoms with van der Waals surface area (Å²) in [6.07, 6.45) is 8.85. The minimum absolute atomic E-state index is 0.120. The van der Waals surface area contributed by atoms with Gasteiger partial charge in [0, 0.05) is 38.6 Å². The van der Waals surface area contributed by atoms with Crippen LogP contribution in [0.4, 0.5) is 0 Å². The number of carbonyl (C=O) groups excluding carboxylic acids is 1. The molecule has 0 radical (unpaired) electrons. The molecule has 5 heteroatoms. The van der Waals surface area contributed by atoms with Gasteiger partial charge in [-0.15, -0.1) is 0 Å². The lowest BCUT2D eigenvalue weighted by Crippen LogP contribution is -2.36. The van der Waals surface area contributed by atoms with Gasteiger partial charge in [-0.2, -0.15) is 0 Å². The Morgan fingerprint density at radius 1 is 1.42 bits per heavy atom. The first-order valence-electron chi connectivity index (χ1n) is 9.11. The van der Waals surface area contributed by atoms with Crippen LogP contribution in [0.2, 0.25) is 0 Å². The van der Waals surface area contributed by atoms with Crippen LogP contribution in [-0.4, -0.2) is 60.6 Å². The second-order valence-corrected chi connectivity index (χ2v) is 7.23. The summed E-state index contributed by atoms with van der Waals surface area (Å²) in [6.45, 7) is 2.67. The summed E-state index contributed by atoms with van der Waals surface area (Å²) < 4.78 is 5.71. The number of hydrogen-bond acceptors (Lipinski definition) is 4.